The molecule has 0 radical (unpaired) electrons. The molecule has 1 N–H and O–H groups in total. The third-order valence-corrected chi connectivity index (χ3v) is 8.17. The zero-order chi connectivity index (χ0) is 26.3. The minimum absolute atomic E-state index is 0.00861. The van der Waals surface area contributed by atoms with Gasteiger partial charge in [0.05, 0.1) is 10.4 Å². The van der Waals surface area contributed by atoms with Crippen LogP contribution in [0.2, 0.25) is 0 Å². The topological polar surface area (TPSA) is 81.7 Å². The number of carbonyl (C=O) groups excluding carboxylic acids is 3. The van der Waals surface area contributed by atoms with Crippen LogP contribution in [0.3, 0.4) is 0 Å². The molecule has 192 valence electrons. The summed E-state index contributed by atoms with van der Waals surface area (Å²) in [6, 6.07) is 9.43. The van der Waals surface area contributed by atoms with Crippen molar-refractivity contribution >= 4 is 55.0 Å². The summed E-state index contributed by atoms with van der Waals surface area (Å²) < 4.78 is 13.7. The monoisotopic (exact) mass is 627 g/mol. The lowest BCUT2D eigenvalue weighted by atomic mass is 9.73. The minimum Gasteiger partial charge on any atom is -0.482 e. The van der Waals surface area contributed by atoms with Gasteiger partial charge in [0, 0.05) is 52.6 Å². The van der Waals surface area contributed by atoms with E-state index in [1.807, 2.05) is 44.2 Å². The second kappa shape index (κ2) is 10.6. The van der Waals surface area contributed by atoms with Gasteiger partial charge < -0.3 is 14.8 Å². The number of nitrogens with one attached hydrogen (secondary N) is 1. The molecule has 0 fully saturated rings. The van der Waals surface area contributed by atoms with Crippen molar-refractivity contribution in [3.8, 4) is 5.75 Å². The number of Topliss-reactive ketones (excluding diaryl/α,β-unsaturated/α-hetero) is 2. The fourth-order valence-corrected chi connectivity index (χ4v) is 6.60. The zero-order valence-electron chi connectivity index (χ0n) is 20.7. The van der Waals surface area contributed by atoms with Gasteiger partial charge >= 0.3 is 0 Å². The molecule has 1 heterocycles. The Bertz CT molecular complexity index is 1350. The summed E-state index contributed by atoms with van der Waals surface area (Å²) in [6.45, 7) is 3.78. The third-order valence-electron chi connectivity index (χ3n) is 7.13. The number of rotatable bonds is 5. The van der Waals surface area contributed by atoms with E-state index in [1.165, 1.54) is 0 Å². The summed E-state index contributed by atoms with van der Waals surface area (Å²) in [7, 11) is 0. The Morgan fingerprint density at radius 2 is 1.59 bits per heavy atom. The molecule has 0 atom stereocenters. The molecule has 6 nitrogen and oxygen atoms in total. The van der Waals surface area contributed by atoms with Gasteiger partial charge in [-0.15, -0.1) is 0 Å². The highest BCUT2D eigenvalue weighted by Gasteiger charge is 2.43. The molecule has 0 aromatic heterocycles. The predicted octanol–water partition coefficient (Wildman–Crippen LogP) is 6.97. The van der Waals surface area contributed by atoms with Crippen molar-refractivity contribution in [3.63, 3.8) is 0 Å². The van der Waals surface area contributed by atoms with Crippen LogP contribution in [0.1, 0.15) is 61.1 Å². The molecule has 5 rings (SSSR count). The zero-order valence-corrected chi connectivity index (χ0v) is 23.9. The first kappa shape index (κ1) is 25.9. The van der Waals surface area contributed by atoms with E-state index >= 15 is 0 Å². The van der Waals surface area contributed by atoms with E-state index in [4.69, 9.17) is 9.47 Å². The van der Waals surface area contributed by atoms with E-state index in [-0.39, 0.29) is 24.1 Å². The lowest BCUT2D eigenvalue weighted by molar-refractivity contribution is -0.119. The summed E-state index contributed by atoms with van der Waals surface area (Å²) in [5.74, 6) is 0.829. The molecule has 8 heteroatoms. The van der Waals surface area contributed by atoms with Crippen LogP contribution < -0.4 is 10.1 Å². The van der Waals surface area contributed by atoms with Crippen molar-refractivity contribution in [1.29, 1.82) is 0 Å². The number of ketones is 2. The summed E-state index contributed by atoms with van der Waals surface area (Å²) >= 11 is 7.14. The number of hydrogen-bond donors (Lipinski definition) is 1. The minimum atomic E-state index is -0.592. The van der Waals surface area contributed by atoms with E-state index in [0.717, 1.165) is 28.4 Å². The highest BCUT2D eigenvalue weighted by atomic mass is 79.9. The summed E-state index contributed by atoms with van der Waals surface area (Å²) in [4.78, 5) is 39.2. The Morgan fingerprint density at radius 1 is 0.946 bits per heavy atom. The SMILES string of the molecule is Cc1ccc(NC(=O)COc2c(Br)cc(Br)cc2C2C3=C(CCCC3=O)OC3=C2C(=O)CCC3)cc1C. The molecule has 3 aliphatic rings. The number of aryl methyl sites for hydroxylation is 2. The number of carbonyl (C=O) groups is 3. The maximum absolute atomic E-state index is 13.2. The first-order valence-electron chi connectivity index (χ1n) is 12.4. The number of halogens is 2. The molecule has 0 saturated carbocycles. The molecule has 2 aromatic carbocycles. The molecular formula is C29H27Br2NO5. The van der Waals surface area contributed by atoms with Gasteiger partial charge in [0.2, 0.25) is 0 Å². The fourth-order valence-electron chi connectivity index (χ4n) is 5.23. The smallest absolute Gasteiger partial charge is 0.262 e. The van der Waals surface area contributed by atoms with Gasteiger partial charge in [-0.1, -0.05) is 22.0 Å². The molecule has 1 aliphatic heterocycles. The van der Waals surface area contributed by atoms with Crippen LogP contribution in [0.25, 0.3) is 0 Å². The molecule has 0 unspecified atom stereocenters. The number of amides is 1. The lowest BCUT2D eigenvalue weighted by Gasteiger charge is -2.36. The van der Waals surface area contributed by atoms with Gasteiger partial charge in [-0.25, -0.2) is 0 Å². The van der Waals surface area contributed by atoms with E-state index in [9.17, 15) is 14.4 Å². The number of allylic oxidation sites excluding steroid dienone is 4. The van der Waals surface area contributed by atoms with Crippen molar-refractivity contribution in [3.05, 3.63) is 78.6 Å². The second-order valence-corrected chi connectivity index (χ2v) is 11.5. The standard InChI is InChI=1S/C29H27Br2NO5/c1-15-9-10-18(11-16(15)2)32-25(35)14-36-29-19(12-17(30)13-20(29)31)26-27-21(33)5-3-7-23(27)37-24-8-4-6-22(34)28(24)26/h9-13,26H,3-8,14H2,1-2H3,(H,32,35). The second-order valence-electron chi connectivity index (χ2n) is 9.70. The van der Waals surface area contributed by atoms with E-state index in [0.29, 0.717) is 69.8 Å². The van der Waals surface area contributed by atoms with Gasteiger partial charge in [0.15, 0.2) is 18.2 Å². The van der Waals surface area contributed by atoms with Crippen LogP contribution in [-0.2, 0) is 19.1 Å². The van der Waals surface area contributed by atoms with Crippen LogP contribution >= 0.6 is 31.9 Å². The van der Waals surface area contributed by atoms with Crippen LogP contribution in [0.15, 0.2) is 61.9 Å². The predicted molar refractivity (Wildman–Crippen MR) is 147 cm³/mol. The maximum atomic E-state index is 13.2. The molecule has 2 aromatic rings. The van der Waals surface area contributed by atoms with E-state index in [2.05, 4.69) is 37.2 Å². The molecule has 37 heavy (non-hydrogen) atoms. The molecule has 1 amide bonds. The Labute approximate surface area is 232 Å². The molecule has 0 bridgehead atoms. The van der Waals surface area contributed by atoms with Crippen molar-refractivity contribution in [2.75, 3.05) is 11.9 Å². The molecule has 0 spiro atoms. The number of hydrogen-bond acceptors (Lipinski definition) is 5. The fraction of sp³-hybridized carbons (Fsp3) is 0.345. The quantitative estimate of drug-likeness (QED) is 0.387. The van der Waals surface area contributed by atoms with Gasteiger partial charge in [0.25, 0.3) is 5.91 Å². The normalized spacial score (nSPS) is 17.8. The molecular weight excluding hydrogens is 602 g/mol. The van der Waals surface area contributed by atoms with E-state index in [1.54, 1.807) is 0 Å². The van der Waals surface area contributed by atoms with Crippen molar-refractivity contribution in [1.82, 2.24) is 0 Å². The van der Waals surface area contributed by atoms with Crippen molar-refractivity contribution < 1.29 is 23.9 Å². The van der Waals surface area contributed by atoms with Crippen molar-refractivity contribution in [2.24, 2.45) is 0 Å². The highest BCUT2D eigenvalue weighted by Crippen LogP contribution is 2.51. The summed E-state index contributed by atoms with van der Waals surface area (Å²) in [5.41, 5.74) is 4.66. The molecule has 2 aliphatic carbocycles. The number of ether oxygens (including phenoxy) is 2. The first-order chi connectivity index (χ1) is 17.7. The van der Waals surface area contributed by atoms with Crippen LogP contribution in [0.4, 0.5) is 5.69 Å². The summed E-state index contributed by atoms with van der Waals surface area (Å²) in [5, 5.41) is 2.88. The van der Waals surface area contributed by atoms with E-state index < -0.39 is 5.92 Å². The average molecular weight is 629 g/mol. The average Bonchev–Trinajstić information content (AvgIpc) is 2.84. The number of benzene rings is 2. The van der Waals surface area contributed by atoms with Crippen LogP contribution in [0, 0.1) is 13.8 Å². The Morgan fingerprint density at radius 3 is 2.22 bits per heavy atom. The van der Waals surface area contributed by atoms with Gasteiger partial charge in [-0.2, -0.15) is 0 Å². The largest absolute Gasteiger partial charge is 0.482 e. The first-order valence-corrected chi connectivity index (χ1v) is 14.0. The Hall–Kier alpha value is -2.71. The van der Waals surface area contributed by atoms with Gasteiger partial charge in [-0.3, -0.25) is 14.4 Å². The highest BCUT2D eigenvalue weighted by molar-refractivity contribution is 9.11. The maximum Gasteiger partial charge on any atom is 0.262 e. The summed E-state index contributed by atoms with van der Waals surface area (Å²) in [6.07, 6.45) is 3.60. The van der Waals surface area contributed by atoms with Crippen molar-refractivity contribution in [2.45, 2.75) is 58.3 Å². The van der Waals surface area contributed by atoms with Crippen LogP contribution in [-0.4, -0.2) is 24.1 Å². The number of anilines is 1. The van der Waals surface area contributed by atoms with Gasteiger partial charge in [0.1, 0.15) is 17.3 Å². The van der Waals surface area contributed by atoms with Gasteiger partial charge in [-0.05, 0) is 78.0 Å². The Kier molecular flexibility index (Phi) is 7.41. The van der Waals surface area contributed by atoms with Crippen LogP contribution in [0.5, 0.6) is 5.75 Å². The lowest BCUT2D eigenvalue weighted by Crippen LogP contribution is -2.31. The Balaban J connectivity index is 1.51. The molecule has 0 saturated heterocycles. The third kappa shape index (κ3) is 5.18.